The molecule has 2 aromatic heterocycles. The molecular weight excluding hydrogens is 466 g/mol. The predicted molar refractivity (Wildman–Crippen MR) is 122 cm³/mol. The summed E-state index contributed by atoms with van der Waals surface area (Å²) in [5.74, 6) is 1.22. The van der Waals surface area contributed by atoms with Crippen LogP contribution in [0, 0.1) is 18.7 Å². The lowest BCUT2D eigenvalue weighted by Gasteiger charge is -2.21. The van der Waals surface area contributed by atoms with Crippen LogP contribution in [0.15, 0.2) is 41.7 Å². The van der Waals surface area contributed by atoms with Crippen molar-refractivity contribution in [3.63, 3.8) is 0 Å². The number of rotatable bonds is 7. The highest BCUT2D eigenvalue weighted by atomic mass is 32.2. The number of fused-ring (bicyclic) bond motifs is 1. The number of hydrogen-bond donors (Lipinski definition) is 0. The third kappa shape index (κ3) is 4.22. The molecular formula is C24H25F4N5S. The summed E-state index contributed by atoms with van der Waals surface area (Å²) in [5.41, 5.74) is 1.03. The Morgan fingerprint density at radius 1 is 1.21 bits per heavy atom. The van der Waals surface area contributed by atoms with Crippen LogP contribution in [0.3, 0.4) is 0 Å². The summed E-state index contributed by atoms with van der Waals surface area (Å²) in [6.45, 7) is 4.36. The van der Waals surface area contributed by atoms with Gasteiger partial charge in [0.1, 0.15) is 5.82 Å². The molecule has 3 aromatic rings. The lowest BCUT2D eigenvalue weighted by atomic mass is 9.93. The topological polar surface area (TPSA) is 46.8 Å². The van der Waals surface area contributed by atoms with Crippen LogP contribution in [0.5, 0.6) is 0 Å². The van der Waals surface area contributed by atoms with Gasteiger partial charge in [-0.3, -0.25) is 4.98 Å². The fraction of sp³-hybridized carbons (Fsp3) is 0.458. The third-order valence-corrected chi connectivity index (χ3v) is 8.09. The van der Waals surface area contributed by atoms with Crippen LogP contribution in [-0.2, 0) is 18.6 Å². The molecule has 34 heavy (non-hydrogen) atoms. The van der Waals surface area contributed by atoms with Gasteiger partial charge in [0.2, 0.25) is 0 Å². The van der Waals surface area contributed by atoms with Gasteiger partial charge in [-0.05, 0) is 62.1 Å². The van der Waals surface area contributed by atoms with Gasteiger partial charge in [0.05, 0.1) is 5.56 Å². The summed E-state index contributed by atoms with van der Waals surface area (Å²) in [7, 11) is 1.94. The molecule has 0 spiro atoms. The lowest BCUT2D eigenvalue weighted by Crippen LogP contribution is -2.28. The maximum atomic E-state index is 14.6. The van der Waals surface area contributed by atoms with Crippen LogP contribution in [0.1, 0.15) is 29.7 Å². The summed E-state index contributed by atoms with van der Waals surface area (Å²) in [6.07, 6.45) is -1.00. The zero-order valence-corrected chi connectivity index (χ0v) is 19.8. The van der Waals surface area contributed by atoms with Crippen molar-refractivity contribution in [1.29, 1.82) is 0 Å². The first-order chi connectivity index (χ1) is 16.2. The van der Waals surface area contributed by atoms with Crippen LogP contribution < -0.4 is 0 Å². The molecule has 180 valence electrons. The molecule has 2 fully saturated rings. The van der Waals surface area contributed by atoms with Crippen molar-refractivity contribution in [2.75, 3.05) is 25.4 Å². The molecule has 1 aliphatic heterocycles. The van der Waals surface area contributed by atoms with Crippen LogP contribution >= 0.6 is 11.8 Å². The summed E-state index contributed by atoms with van der Waals surface area (Å²) in [5, 5.41) is 9.48. The van der Waals surface area contributed by atoms with Crippen LogP contribution in [0.2, 0.25) is 0 Å². The number of aryl methyl sites for hydroxylation is 1. The van der Waals surface area contributed by atoms with Crippen molar-refractivity contribution in [2.45, 2.75) is 36.5 Å². The van der Waals surface area contributed by atoms with E-state index in [0.29, 0.717) is 24.1 Å². The van der Waals surface area contributed by atoms with Crippen LogP contribution in [0.4, 0.5) is 17.6 Å². The lowest BCUT2D eigenvalue weighted by molar-refractivity contribution is -0.137. The van der Waals surface area contributed by atoms with E-state index < -0.39 is 17.6 Å². The fourth-order valence-corrected chi connectivity index (χ4v) is 5.95. The molecule has 1 aliphatic carbocycles. The van der Waals surface area contributed by atoms with Gasteiger partial charge in [0.15, 0.2) is 11.0 Å². The number of nitrogens with zero attached hydrogens (tertiary/aromatic N) is 5. The number of benzene rings is 1. The minimum Gasteiger partial charge on any atom is -0.305 e. The van der Waals surface area contributed by atoms with E-state index in [1.807, 2.05) is 30.7 Å². The van der Waals surface area contributed by atoms with Crippen molar-refractivity contribution in [3.8, 4) is 11.4 Å². The number of alkyl halides is 3. The molecule has 1 aromatic carbocycles. The normalized spacial score (nSPS) is 22.2. The summed E-state index contributed by atoms with van der Waals surface area (Å²) in [6, 6.07) is 6.85. The number of thioether (sulfide) groups is 1. The van der Waals surface area contributed by atoms with Gasteiger partial charge in [0, 0.05) is 48.8 Å². The largest absolute Gasteiger partial charge is 0.416 e. The Labute approximate surface area is 199 Å². The van der Waals surface area contributed by atoms with E-state index in [4.69, 9.17) is 0 Å². The highest BCUT2D eigenvalue weighted by Gasteiger charge is 2.61. The predicted octanol–water partition coefficient (Wildman–Crippen LogP) is 5.10. The number of piperidine rings is 1. The average molecular weight is 492 g/mol. The van der Waals surface area contributed by atoms with E-state index in [9.17, 15) is 17.6 Å². The maximum absolute atomic E-state index is 14.6. The van der Waals surface area contributed by atoms with Crippen LogP contribution in [-0.4, -0.2) is 50.0 Å². The van der Waals surface area contributed by atoms with E-state index in [-0.39, 0.29) is 5.41 Å². The quantitative estimate of drug-likeness (QED) is 0.262. The van der Waals surface area contributed by atoms with Crippen molar-refractivity contribution >= 4 is 11.8 Å². The number of halogens is 4. The molecule has 2 atom stereocenters. The zero-order valence-electron chi connectivity index (χ0n) is 18.9. The van der Waals surface area contributed by atoms with Crippen molar-refractivity contribution in [1.82, 2.24) is 24.6 Å². The second kappa shape index (κ2) is 8.64. The van der Waals surface area contributed by atoms with Gasteiger partial charge in [-0.15, -0.1) is 10.2 Å². The second-order valence-electron chi connectivity index (χ2n) is 9.19. The first-order valence-electron chi connectivity index (χ1n) is 11.2. The van der Waals surface area contributed by atoms with E-state index in [0.717, 1.165) is 60.0 Å². The Morgan fingerprint density at radius 3 is 2.76 bits per heavy atom. The average Bonchev–Trinajstić information content (AvgIpc) is 3.16. The molecule has 1 saturated heterocycles. The van der Waals surface area contributed by atoms with E-state index in [1.165, 1.54) is 6.07 Å². The number of likely N-dealkylation sites (tertiary alicyclic amines) is 1. The van der Waals surface area contributed by atoms with Crippen molar-refractivity contribution in [2.24, 2.45) is 13.0 Å². The third-order valence-electron chi connectivity index (χ3n) is 6.98. The highest BCUT2D eigenvalue weighted by Crippen LogP contribution is 2.59. The van der Waals surface area contributed by atoms with Crippen molar-refractivity contribution in [3.05, 3.63) is 59.2 Å². The smallest absolute Gasteiger partial charge is 0.305 e. The minimum absolute atomic E-state index is 0.315. The van der Waals surface area contributed by atoms with Gasteiger partial charge in [0.25, 0.3) is 0 Å². The van der Waals surface area contributed by atoms with Crippen LogP contribution in [0.25, 0.3) is 11.4 Å². The molecule has 2 aliphatic rings. The summed E-state index contributed by atoms with van der Waals surface area (Å²) >= 11 is 1.64. The van der Waals surface area contributed by atoms with Gasteiger partial charge in [-0.2, -0.15) is 13.2 Å². The van der Waals surface area contributed by atoms with Gasteiger partial charge in [-0.25, -0.2) is 4.39 Å². The van der Waals surface area contributed by atoms with Gasteiger partial charge < -0.3 is 9.47 Å². The zero-order chi connectivity index (χ0) is 24.1. The first-order valence-corrected chi connectivity index (χ1v) is 12.2. The van der Waals surface area contributed by atoms with E-state index in [1.54, 1.807) is 18.0 Å². The van der Waals surface area contributed by atoms with E-state index in [2.05, 4.69) is 20.1 Å². The molecule has 5 nitrogen and oxygen atoms in total. The summed E-state index contributed by atoms with van der Waals surface area (Å²) < 4.78 is 55.2. The molecule has 5 rings (SSSR count). The van der Waals surface area contributed by atoms with Gasteiger partial charge in [-0.1, -0.05) is 17.8 Å². The highest BCUT2D eigenvalue weighted by molar-refractivity contribution is 7.99. The molecule has 1 unspecified atom stereocenters. The second-order valence-corrected chi connectivity index (χ2v) is 10.3. The molecule has 0 radical (unpaired) electrons. The van der Waals surface area contributed by atoms with E-state index >= 15 is 0 Å². The number of aromatic nitrogens is 4. The fourth-order valence-electron chi connectivity index (χ4n) is 5.12. The molecule has 1 saturated carbocycles. The molecule has 3 heterocycles. The Morgan fingerprint density at radius 2 is 2.03 bits per heavy atom. The van der Waals surface area contributed by atoms with Crippen molar-refractivity contribution < 1.29 is 17.6 Å². The molecule has 0 amide bonds. The SMILES string of the molecule is Cc1ncccc1-c1nnc(SCCCN2C[C@@H]3CC3(c3ccc(C(F)(F)F)cc3F)C2)n1C. The minimum atomic E-state index is -4.53. The molecule has 10 heteroatoms. The number of pyridine rings is 1. The Bertz CT molecular complexity index is 1210. The Kier molecular flexibility index (Phi) is 5.92. The molecule has 0 bridgehead atoms. The standard InChI is InChI=1S/C24H25F4N5S/c1-15-18(5-3-8-29-15)21-30-31-22(32(21)2)34-10-4-9-33-13-17-12-23(17,14-33)19-7-6-16(11-20(19)25)24(26,27)28/h3,5-8,11,17H,4,9-10,12-14H2,1-2H3/t17-,23?/m0/s1. The first kappa shape index (κ1) is 23.3. The maximum Gasteiger partial charge on any atom is 0.416 e. The monoisotopic (exact) mass is 491 g/mol. The van der Waals surface area contributed by atoms with Gasteiger partial charge >= 0.3 is 6.18 Å². The Balaban J connectivity index is 1.15. The molecule has 0 N–H and O–H groups in total. The Hall–Kier alpha value is -2.46. The summed E-state index contributed by atoms with van der Waals surface area (Å²) in [4.78, 5) is 6.61. The number of hydrogen-bond acceptors (Lipinski definition) is 5.